The highest BCUT2D eigenvalue weighted by atomic mass is 32.2. The van der Waals surface area contributed by atoms with Crippen LogP contribution in [-0.4, -0.2) is 45.8 Å². The first-order valence-electron chi connectivity index (χ1n) is 7.97. The topological polar surface area (TPSA) is 49.4 Å². The van der Waals surface area contributed by atoms with Gasteiger partial charge in [0.2, 0.25) is 11.8 Å². The number of piperazine rings is 1. The Kier molecular flexibility index (Phi) is 4.91. The van der Waals surface area contributed by atoms with Crippen LogP contribution in [-0.2, 0) is 9.59 Å². The number of nitrogens with one attached hydrogen (secondary N) is 1. The van der Waals surface area contributed by atoms with E-state index in [4.69, 9.17) is 0 Å². The van der Waals surface area contributed by atoms with Crippen LogP contribution in [0.2, 0.25) is 0 Å². The van der Waals surface area contributed by atoms with Gasteiger partial charge in [-0.3, -0.25) is 9.59 Å². The Balaban J connectivity index is 2.37. The van der Waals surface area contributed by atoms with Gasteiger partial charge in [0.25, 0.3) is 0 Å². The van der Waals surface area contributed by atoms with E-state index >= 15 is 0 Å². The monoisotopic (exact) mass is 312 g/mol. The molecule has 0 radical (unpaired) electrons. The zero-order valence-electron chi connectivity index (χ0n) is 13.8. The summed E-state index contributed by atoms with van der Waals surface area (Å²) in [5.41, 5.74) is -0.789. The molecular formula is C16H28N2O2S. The summed E-state index contributed by atoms with van der Waals surface area (Å²) in [4.78, 5) is 27.4. The Bertz CT molecular complexity index is 423. The van der Waals surface area contributed by atoms with E-state index in [2.05, 4.69) is 11.6 Å². The van der Waals surface area contributed by atoms with Crippen molar-refractivity contribution < 1.29 is 9.59 Å². The van der Waals surface area contributed by atoms with Gasteiger partial charge in [-0.1, -0.05) is 26.7 Å². The highest BCUT2D eigenvalue weighted by molar-refractivity contribution is 7.99. The summed E-state index contributed by atoms with van der Waals surface area (Å²) in [7, 11) is 0. The Hall–Kier alpha value is -0.710. The molecule has 1 aliphatic carbocycles. The van der Waals surface area contributed by atoms with Crippen molar-refractivity contribution in [2.24, 2.45) is 5.92 Å². The van der Waals surface area contributed by atoms with Crippen molar-refractivity contribution in [1.82, 2.24) is 10.2 Å². The van der Waals surface area contributed by atoms with Crippen LogP contribution in [0.1, 0.15) is 53.4 Å². The zero-order valence-corrected chi connectivity index (χ0v) is 14.6. The van der Waals surface area contributed by atoms with Crippen molar-refractivity contribution >= 4 is 23.6 Å². The standard InChI is InChI=1S/C16H28N2O2S/c1-10(2)13-14(19)17-16(3,4)15(20)18(13)11-8-6-7-9-12(11)21-5/h10-13H,6-9H2,1-5H3,(H,17,19). The van der Waals surface area contributed by atoms with Crippen molar-refractivity contribution in [1.29, 1.82) is 0 Å². The summed E-state index contributed by atoms with van der Waals surface area (Å²) in [5, 5.41) is 3.35. The molecule has 0 aromatic carbocycles. The summed E-state index contributed by atoms with van der Waals surface area (Å²) in [6.45, 7) is 7.68. The molecule has 0 spiro atoms. The van der Waals surface area contributed by atoms with Crippen LogP contribution >= 0.6 is 11.8 Å². The van der Waals surface area contributed by atoms with Crippen LogP contribution in [0.4, 0.5) is 0 Å². The molecule has 1 aliphatic heterocycles. The lowest BCUT2D eigenvalue weighted by Crippen LogP contribution is -2.72. The average molecular weight is 312 g/mol. The third-order valence-corrected chi connectivity index (χ3v) is 5.89. The molecule has 2 fully saturated rings. The first-order chi connectivity index (χ1) is 9.79. The quantitative estimate of drug-likeness (QED) is 0.871. The molecule has 2 aliphatic rings. The van der Waals surface area contributed by atoms with Crippen LogP contribution in [0, 0.1) is 5.92 Å². The van der Waals surface area contributed by atoms with E-state index in [0.29, 0.717) is 5.25 Å². The summed E-state index contributed by atoms with van der Waals surface area (Å²) in [6, 6.07) is -0.137. The third kappa shape index (κ3) is 3.08. The van der Waals surface area contributed by atoms with Crippen LogP contribution in [0.5, 0.6) is 0 Å². The highest BCUT2D eigenvalue weighted by Gasteiger charge is 2.50. The summed E-state index contributed by atoms with van der Waals surface area (Å²) in [5.74, 6) is 0.209. The van der Waals surface area contributed by atoms with Gasteiger partial charge in [-0.2, -0.15) is 11.8 Å². The lowest BCUT2D eigenvalue weighted by atomic mass is 9.85. The van der Waals surface area contributed by atoms with E-state index in [9.17, 15) is 9.59 Å². The molecule has 0 aromatic rings. The molecule has 5 heteroatoms. The van der Waals surface area contributed by atoms with E-state index in [-0.39, 0.29) is 29.8 Å². The highest BCUT2D eigenvalue weighted by Crippen LogP contribution is 2.35. The fourth-order valence-electron chi connectivity index (χ4n) is 3.66. The minimum absolute atomic E-state index is 0.0000246. The second-order valence-electron chi connectivity index (χ2n) is 7.14. The molecule has 2 rings (SSSR count). The van der Waals surface area contributed by atoms with Gasteiger partial charge in [0, 0.05) is 11.3 Å². The van der Waals surface area contributed by atoms with Gasteiger partial charge in [0.15, 0.2) is 0 Å². The first-order valence-corrected chi connectivity index (χ1v) is 9.26. The predicted octanol–water partition coefficient (Wildman–Crippen LogP) is 2.42. The fraction of sp³-hybridized carbons (Fsp3) is 0.875. The van der Waals surface area contributed by atoms with Crippen molar-refractivity contribution in [2.75, 3.05) is 6.26 Å². The van der Waals surface area contributed by atoms with E-state index in [1.807, 2.05) is 44.4 Å². The number of amides is 2. The molecule has 2 amide bonds. The number of nitrogens with zero attached hydrogens (tertiary/aromatic N) is 1. The van der Waals surface area contributed by atoms with Gasteiger partial charge in [-0.05, 0) is 38.9 Å². The zero-order chi connectivity index (χ0) is 15.8. The first kappa shape index (κ1) is 16.7. The number of hydrogen-bond donors (Lipinski definition) is 1. The molecule has 3 unspecified atom stereocenters. The van der Waals surface area contributed by atoms with Crippen molar-refractivity contribution in [2.45, 2.75) is 76.3 Å². The minimum Gasteiger partial charge on any atom is -0.340 e. The summed E-state index contributed by atoms with van der Waals surface area (Å²) in [6.07, 6.45) is 6.66. The predicted molar refractivity (Wildman–Crippen MR) is 87.3 cm³/mol. The van der Waals surface area contributed by atoms with Crippen LogP contribution < -0.4 is 5.32 Å². The molecule has 0 bridgehead atoms. The maximum atomic E-state index is 13.0. The van der Waals surface area contributed by atoms with Gasteiger partial charge < -0.3 is 10.2 Å². The van der Waals surface area contributed by atoms with Gasteiger partial charge in [-0.15, -0.1) is 0 Å². The number of hydrogen-bond acceptors (Lipinski definition) is 3. The lowest BCUT2D eigenvalue weighted by Gasteiger charge is -2.50. The Labute approximate surface area is 132 Å². The van der Waals surface area contributed by atoms with Crippen LogP contribution in [0.25, 0.3) is 0 Å². The number of thioether (sulfide) groups is 1. The maximum absolute atomic E-state index is 13.0. The van der Waals surface area contributed by atoms with Crippen LogP contribution in [0.15, 0.2) is 0 Å². The number of carbonyl (C=O) groups is 2. The smallest absolute Gasteiger partial charge is 0.248 e. The molecule has 3 atom stereocenters. The molecular weight excluding hydrogens is 284 g/mol. The molecule has 1 saturated heterocycles. The van der Waals surface area contributed by atoms with Crippen LogP contribution in [0.3, 0.4) is 0 Å². The second-order valence-corrected chi connectivity index (χ2v) is 8.22. The van der Waals surface area contributed by atoms with Gasteiger partial charge in [0.05, 0.1) is 0 Å². The van der Waals surface area contributed by atoms with Crippen molar-refractivity contribution in [3.05, 3.63) is 0 Å². The van der Waals surface area contributed by atoms with Gasteiger partial charge in [-0.25, -0.2) is 0 Å². The Morgan fingerprint density at radius 3 is 2.43 bits per heavy atom. The molecule has 1 heterocycles. The van der Waals surface area contributed by atoms with E-state index in [1.165, 1.54) is 6.42 Å². The third-order valence-electron chi connectivity index (χ3n) is 4.73. The molecule has 1 N–H and O–H groups in total. The van der Waals surface area contributed by atoms with Gasteiger partial charge in [0.1, 0.15) is 11.6 Å². The largest absolute Gasteiger partial charge is 0.340 e. The number of carbonyl (C=O) groups excluding carboxylic acids is 2. The second kappa shape index (κ2) is 6.19. The molecule has 1 saturated carbocycles. The molecule has 120 valence electrons. The Morgan fingerprint density at radius 1 is 1.24 bits per heavy atom. The fourth-order valence-corrected chi connectivity index (χ4v) is 4.65. The number of rotatable bonds is 3. The van der Waals surface area contributed by atoms with Crippen molar-refractivity contribution in [3.63, 3.8) is 0 Å². The average Bonchev–Trinajstić information content (AvgIpc) is 2.41. The molecule has 21 heavy (non-hydrogen) atoms. The molecule has 4 nitrogen and oxygen atoms in total. The van der Waals surface area contributed by atoms with Crippen molar-refractivity contribution in [3.8, 4) is 0 Å². The van der Waals surface area contributed by atoms with Gasteiger partial charge >= 0.3 is 0 Å². The normalized spacial score (nSPS) is 33.2. The van der Waals surface area contributed by atoms with E-state index in [0.717, 1.165) is 19.3 Å². The van der Waals surface area contributed by atoms with E-state index < -0.39 is 5.54 Å². The SMILES string of the molecule is CSC1CCCCC1N1C(=O)C(C)(C)NC(=O)C1C(C)C. The van der Waals surface area contributed by atoms with E-state index in [1.54, 1.807) is 0 Å². The lowest BCUT2D eigenvalue weighted by molar-refractivity contribution is -0.159. The Morgan fingerprint density at radius 2 is 1.86 bits per heavy atom. The summed E-state index contributed by atoms with van der Waals surface area (Å²) < 4.78 is 0. The minimum atomic E-state index is -0.789. The molecule has 0 aromatic heterocycles. The summed E-state index contributed by atoms with van der Waals surface area (Å²) >= 11 is 1.84. The maximum Gasteiger partial charge on any atom is 0.248 e.